The molecule has 2 N–H and O–H groups in total. The van der Waals surface area contributed by atoms with Crippen molar-refractivity contribution in [3.05, 3.63) is 47.9 Å². The third kappa shape index (κ3) is 5.57. The number of benzene rings is 1. The van der Waals surface area contributed by atoms with Gasteiger partial charge in [-0.05, 0) is 81.1 Å². The third-order valence-corrected chi connectivity index (χ3v) is 8.51. The number of nitrogens with zero attached hydrogens (tertiary/aromatic N) is 3. The molecule has 7 heteroatoms. The SMILES string of the molecule is CC1(CN2CCC(COc3ccc(-c4ccc(C(=O)N5CCC[C@@H]5CN)cc4F)cn3)CC2)CCC1. The first-order valence-corrected chi connectivity index (χ1v) is 13.6. The van der Waals surface area contributed by atoms with E-state index in [1.54, 1.807) is 29.3 Å². The molecular formula is C29H39FN4O2. The zero-order valence-corrected chi connectivity index (χ0v) is 21.4. The van der Waals surface area contributed by atoms with Crippen molar-refractivity contribution in [2.24, 2.45) is 17.1 Å². The second-order valence-corrected chi connectivity index (χ2v) is 11.3. The number of halogens is 1. The first-order valence-electron chi connectivity index (χ1n) is 13.6. The molecule has 2 aromatic rings. The van der Waals surface area contributed by atoms with Crippen molar-refractivity contribution in [2.75, 3.05) is 39.3 Å². The zero-order valence-electron chi connectivity index (χ0n) is 21.4. The Balaban J connectivity index is 1.13. The maximum Gasteiger partial charge on any atom is 0.254 e. The molecular weight excluding hydrogens is 455 g/mol. The minimum absolute atomic E-state index is 0.0420. The van der Waals surface area contributed by atoms with Crippen molar-refractivity contribution < 1.29 is 13.9 Å². The van der Waals surface area contributed by atoms with E-state index in [2.05, 4.69) is 16.8 Å². The molecule has 1 aromatic heterocycles. The number of ether oxygens (including phenoxy) is 1. The molecule has 3 fully saturated rings. The molecule has 1 atom stereocenters. The Morgan fingerprint density at radius 1 is 1.14 bits per heavy atom. The summed E-state index contributed by atoms with van der Waals surface area (Å²) in [4.78, 5) is 21.6. The number of rotatable bonds is 8. The second kappa shape index (κ2) is 10.9. The van der Waals surface area contributed by atoms with E-state index < -0.39 is 5.82 Å². The van der Waals surface area contributed by atoms with Gasteiger partial charge < -0.3 is 20.3 Å². The summed E-state index contributed by atoms with van der Waals surface area (Å²) in [6.45, 7) is 7.74. The molecule has 36 heavy (non-hydrogen) atoms. The molecule has 0 unspecified atom stereocenters. The lowest BCUT2D eigenvalue weighted by Gasteiger charge is -2.44. The highest BCUT2D eigenvalue weighted by Crippen LogP contribution is 2.41. The van der Waals surface area contributed by atoms with Gasteiger partial charge in [0.1, 0.15) is 5.82 Å². The standard InChI is InChI=1S/C29H39FN4O2/c1-29(11-3-12-29)20-33-14-9-21(10-15-33)19-36-27-8-6-23(18-32-27)25-7-5-22(16-26(25)30)28(35)34-13-2-4-24(34)17-31/h5-8,16,18,21,24H,2-4,9-15,17,19-20,31H2,1H3/t24-/m1/s1. The van der Waals surface area contributed by atoms with E-state index in [0.717, 1.165) is 38.8 Å². The van der Waals surface area contributed by atoms with E-state index in [1.807, 2.05) is 6.07 Å². The van der Waals surface area contributed by atoms with Gasteiger partial charge in [0.25, 0.3) is 5.91 Å². The van der Waals surface area contributed by atoms with Gasteiger partial charge in [-0.3, -0.25) is 4.79 Å². The fourth-order valence-corrected chi connectivity index (χ4v) is 6.01. The number of hydrogen-bond acceptors (Lipinski definition) is 5. The lowest BCUT2D eigenvalue weighted by Crippen LogP contribution is -2.44. The lowest BCUT2D eigenvalue weighted by atomic mass is 9.70. The normalized spacial score (nSPS) is 22.4. The van der Waals surface area contributed by atoms with Crippen LogP contribution in [0.4, 0.5) is 4.39 Å². The van der Waals surface area contributed by atoms with Gasteiger partial charge in [-0.15, -0.1) is 0 Å². The highest BCUT2D eigenvalue weighted by Gasteiger charge is 2.34. The maximum atomic E-state index is 15.0. The highest BCUT2D eigenvalue weighted by atomic mass is 19.1. The highest BCUT2D eigenvalue weighted by molar-refractivity contribution is 5.95. The average Bonchev–Trinajstić information content (AvgIpc) is 3.36. The summed E-state index contributed by atoms with van der Waals surface area (Å²) in [6, 6.07) is 8.34. The first kappa shape index (κ1) is 25.2. The van der Waals surface area contributed by atoms with E-state index in [1.165, 1.54) is 31.9 Å². The van der Waals surface area contributed by atoms with Gasteiger partial charge in [0.05, 0.1) is 6.61 Å². The van der Waals surface area contributed by atoms with Crippen molar-refractivity contribution in [2.45, 2.75) is 57.9 Å². The lowest BCUT2D eigenvalue weighted by molar-refractivity contribution is 0.0561. The zero-order chi connectivity index (χ0) is 25.1. The molecule has 0 bridgehead atoms. The molecule has 3 heterocycles. The van der Waals surface area contributed by atoms with Crippen LogP contribution in [0.15, 0.2) is 36.5 Å². The fraction of sp³-hybridized carbons (Fsp3) is 0.586. The number of pyridine rings is 1. The Kier molecular flexibility index (Phi) is 7.58. The van der Waals surface area contributed by atoms with Crippen molar-refractivity contribution in [3.8, 4) is 17.0 Å². The largest absolute Gasteiger partial charge is 0.477 e. The minimum Gasteiger partial charge on any atom is -0.477 e. The molecule has 0 radical (unpaired) electrons. The topological polar surface area (TPSA) is 71.7 Å². The Hall–Kier alpha value is -2.51. The van der Waals surface area contributed by atoms with E-state index >= 15 is 0 Å². The van der Waals surface area contributed by atoms with Crippen molar-refractivity contribution in [1.82, 2.24) is 14.8 Å². The van der Waals surface area contributed by atoms with Crippen LogP contribution in [0, 0.1) is 17.2 Å². The summed E-state index contributed by atoms with van der Waals surface area (Å²) in [6.07, 6.45) is 9.94. The summed E-state index contributed by atoms with van der Waals surface area (Å²) in [7, 11) is 0. The average molecular weight is 495 g/mol. The van der Waals surface area contributed by atoms with Crippen LogP contribution < -0.4 is 10.5 Å². The summed E-state index contributed by atoms with van der Waals surface area (Å²) in [5.74, 6) is 0.534. The monoisotopic (exact) mass is 494 g/mol. The van der Waals surface area contributed by atoms with Gasteiger partial charge in [0.2, 0.25) is 5.88 Å². The van der Waals surface area contributed by atoms with Crippen molar-refractivity contribution >= 4 is 5.91 Å². The smallest absolute Gasteiger partial charge is 0.254 e. The van der Waals surface area contributed by atoms with Crippen LogP contribution in [-0.4, -0.2) is 66.1 Å². The van der Waals surface area contributed by atoms with E-state index in [-0.39, 0.29) is 11.9 Å². The second-order valence-electron chi connectivity index (χ2n) is 11.3. The number of piperidine rings is 1. The van der Waals surface area contributed by atoms with Gasteiger partial charge in [0, 0.05) is 54.6 Å². The first-order chi connectivity index (χ1) is 17.4. The third-order valence-electron chi connectivity index (χ3n) is 8.51. The molecule has 0 spiro atoms. The van der Waals surface area contributed by atoms with Crippen LogP contribution >= 0.6 is 0 Å². The fourth-order valence-electron chi connectivity index (χ4n) is 6.01. The van der Waals surface area contributed by atoms with Crippen LogP contribution in [0.3, 0.4) is 0 Å². The van der Waals surface area contributed by atoms with E-state index in [9.17, 15) is 9.18 Å². The number of aromatic nitrogens is 1. The van der Waals surface area contributed by atoms with Crippen molar-refractivity contribution in [1.29, 1.82) is 0 Å². The Labute approximate surface area is 214 Å². The predicted octanol–water partition coefficient (Wildman–Crippen LogP) is 4.73. The summed E-state index contributed by atoms with van der Waals surface area (Å²) in [5.41, 5.74) is 7.79. The number of nitrogens with two attached hydrogens (primary N) is 1. The summed E-state index contributed by atoms with van der Waals surface area (Å²) >= 11 is 0. The predicted molar refractivity (Wildman–Crippen MR) is 139 cm³/mol. The van der Waals surface area contributed by atoms with E-state index in [4.69, 9.17) is 10.5 Å². The molecule has 3 aliphatic rings. The van der Waals surface area contributed by atoms with Gasteiger partial charge in [-0.2, -0.15) is 0 Å². The van der Waals surface area contributed by atoms with Gasteiger partial charge in [-0.1, -0.05) is 19.4 Å². The number of likely N-dealkylation sites (tertiary alicyclic amines) is 2. The Bertz CT molecular complexity index is 1050. The van der Waals surface area contributed by atoms with E-state index in [0.29, 0.717) is 53.6 Å². The summed E-state index contributed by atoms with van der Waals surface area (Å²) < 4.78 is 20.9. The number of amides is 1. The van der Waals surface area contributed by atoms with Gasteiger partial charge in [-0.25, -0.2) is 9.37 Å². The minimum atomic E-state index is -0.428. The molecule has 2 aliphatic heterocycles. The molecule has 5 rings (SSSR count). The van der Waals surface area contributed by atoms with Crippen LogP contribution in [-0.2, 0) is 0 Å². The Morgan fingerprint density at radius 3 is 2.58 bits per heavy atom. The van der Waals surface area contributed by atoms with Gasteiger partial charge in [0.15, 0.2) is 0 Å². The number of carbonyl (C=O) groups excluding carboxylic acids is 1. The molecule has 2 saturated heterocycles. The van der Waals surface area contributed by atoms with Crippen LogP contribution in [0.5, 0.6) is 5.88 Å². The van der Waals surface area contributed by atoms with Crippen molar-refractivity contribution in [3.63, 3.8) is 0 Å². The number of carbonyl (C=O) groups is 1. The molecule has 1 saturated carbocycles. The summed E-state index contributed by atoms with van der Waals surface area (Å²) in [5, 5.41) is 0. The maximum absolute atomic E-state index is 15.0. The molecule has 194 valence electrons. The van der Waals surface area contributed by atoms with Crippen LogP contribution in [0.1, 0.15) is 62.2 Å². The quantitative estimate of drug-likeness (QED) is 0.574. The molecule has 6 nitrogen and oxygen atoms in total. The van der Waals surface area contributed by atoms with Crippen LogP contribution in [0.25, 0.3) is 11.1 Å². The molecule has 1 aliphatic carbocycles. The molecule has 1 amide bonds. The molecule has 1 aromatic carbocycles. The van der Waals surface area contributed by atoms with Gasteiger partial charge >= 0.3 is 0 Å². The Morgan fingerprint density at radius 2 is 1.94 bits per heavy atom. The van der Waals surface area contributed by atoms with Crippen LogP contribution in [0.2, 0.25) is 0 Å². The number of hydrogen-bond donors (Lipinski definition) is 1.